The Balaban J connectivity index is 2.19. The van der Waals surface area contributed by atoms with Gasteiger partial charge in [-0.05, 0) is 24.4 Å². The third kappa shape index (κ3) is 2.51. The average Bonchev–Trinajstić information content (AvgIpc) is 2.35. The third-order valence-corrected chi connectivity index (χ3v) is 3.80. The molecule has 0 amide bonds. The smallest absolute Gasteiger partial charge is 0.103 e. The van der Waals surface area contributed by atoms with Crippen LogP contribution in [-0.2, 0) is 0 Å². The topological polar surface area (TPSA) is 35.8 Å². The maximum absolute atomic E-state index is 9.01. The number of benzene rings is 1. The molecule has 1 aliphatic heterocycles. The molecule has 1 aromatic rings. The Morgan fingerprint density at radius 1 is 1.44 bits per heavy atom. The van der Waals surface area contributed by atoms with Crippen molar-refractivity contribution < 1.29 is 5.21 Å². The first-order valence-corrected chi connectivity index (χ1v) is 6.45. The zero-order valence-corrected chi connectivity index (χ0v) is 10.3. The summed E-state index contributed by atoms with van der Waals surface area (Å²) < 4.78 is 2.17. The van der Waals surface area contributed by atoms with E-state index in [9.17, 15) is 0 Å². The van der Waals surface area contributed by atoms with Gasteiger partial charge in [-0.25, -0.2) is 4.31 Å². The number of rotatable bonds is 3. The molecular weight excluding hydrogens is 244 g/mol. The van der Waals surface area contributed by atoms with Crippen LogP contribution in [0.2, 0.25) is 0 Å². The number of nitrogens with zero attached hydrogens (tertiary/aromatic N) is 2. The fraction of sp³-hybridized carbons (Fsp3) is 0.364. The number of hydrogen-bond donors (Lipinski definition) is 1. The van der Waals surface area contributed by atoms with Crippen molar-refractivity contribution in [1.29, 1.82) is 0 Å². The number of alkyl halides is 1. The van der Waals surface area contributed by atoms with Crippen molar-refractivity contribution in [2.75, 3.05) is 19.0 Å². The van der Waals surface area contributed by atoms with Crippen LogP contribution in [0.1, 0.15) is 12.0 Å². The molecule has 5 heteroatoms. The lowest BCUT2D eigenvalue weighted by atomic mass is 10.1. The molecule has 1 aromatic carbocycles. The Morgan fingerprint density at radius 3 is 3.00 bits per heavy atom. The molecule has 1 aliphatic rings. The molecule has 1 heterocycles. The molecule has 0 fully saturated rings. The molecule has 0 bridgehead atoms. The standard InChI is InChI=1S/C11H13ClN2OS/c12-6-3-7-14-8-10(13-15)9-4-1-2-5-11(9)16-14/h1-2,4-5,15H,3,6-8H2. The summed E-state index contributed by atoms with van der Waals surface area (Å²) in [5.74, 6) is 0.657. The molecule has 0 atom stereocenters. The summed E-state index contributed by atoms with van der Waals surface area (Å²) in [6, 6.07) is 7.97. The minimum absolute atomic E-state index is 0.657. The molecule has 1 N–H and O–H groups in total. The lowest BCUT2D eigenvalue weighted by molar-refractivity contribution is 0.316. The lowest BCUT2D eigenvalue weighted by Crippen LogP contribution is -2.30. The molecule has 16 heavy (non-hydrogen) atoms. The van der Waals surface area contributed by atoms with E-state index in [1.807, 2.05) is 24.3 Å². The van der Waals surface area contributed by atoms with Crippen LogP contribution in [0, 0.1) is 0 Å². The van der Waals surface area contributed by atoms with Crippen LogP contribution in [0.3, 0.4) is 0 Å². The van der Waals surface area contributed by atoms with Crippen molar-refractivity contribution in [2.24, 2.45) is 5.16 Å². The molecule has 0 aliphatic carbocycles. The van der Waals surface area contributed by atoms with Gasteiger partial charge in [0.1, 0.15) is 5.71 Å². The fourth-order valence-electron chi connectivity index (χ4n) is 1.65. The first kappa shape index (κ1) is 11.8. The summed E-state index contributed by atoms with van der Waals surface area (Å²) in [5, 5.41) is 12.4. The molecular formula is C11H13ClN2OS. The van der Waals surface area contributed by atoms with E-state index >= 15 is 0 Å². The van der Waals surface area contributed by atoms with E-state index < -0.39 is 0 Å². The first-order chi connectivity index (χ1) is 7.85. The molecule has 3 nitrogen and oxygen atoms in total. The van der Waals surface area contributed by atoms with Crippen LogP contribution in [0.5, 0.6) is 0 Å². The number of hydrogen-bond acceptors (Lipinski definition) is 4. The summed E-state index contributed by atoms with van der Waals surface area (Å²) in [6.45, 7) is 1.57. The maximum atomic E-state index is 9.01. The fourth-order valence-corrected chi connectivity index (χ4v) is 2.88. The van der Waals surface area contributed by atoms with Gasteiger partial charge in [0.05, 0.1) is 6.54 Å². The van der Waals surface area contributed by atoms with Gasteiger partial charge in [-0.2, -0.15) is 0 Å². The van der Waals surface area contributed by atoms with E-state index in [1.165, 1.54) is 0 Å². The monoisotopic (exact) mass is 256 g/mol. The zero-order chi connectivity index (χ0) is 11.4. The van der Waals surface area contributed by atoms with Crippen molar-refractivity contribution in [2.45, 2.75) is 11.3 Å². The predicted molar refractivity (Wildman–Crippen MR) is 67.5 cm³/mol. The Morgan fingerprint density at radius 2 is 2.25 bits per heavy atom. The Hall–Kier alpha value is -0.710. The summed E-state index contributed by atoms with van der Waals surface area (Å²) in [5.41, 5.74) is 1.75. The van der Waals surface area contributed by atoms with Gasteiger partial charge in [-0.1, -0.05) is 23.4 Å². The number of halogens is 1. The van der Waals surface area contributed by atoms with Crippen molar-refractivity contribution in [1.82, 2.24) is 4.31 Å². The van der Waals surface area contributed by atoms with Gasteiger partial charge >= 0.3 is 0 Å². The zero-order valence-electron chi connectivity index (χ0n) is 8.77. The Labute approximate surface area is 104 Å². The average molecular weight is 257 g/mol. The van der Waals surface area contributed by atoms with Gasteiger partial charge < -0.3 is 5.21 Å². The minimum atomic E-state index is 0.657. The van der Waals surface area contributed by atoms with E-state index in [4.69, 9.17) is 16.8 Å². The Bertz CT molecular complexity index is 397. The molecule has 0 saturated heterocycles. The highest BCUT2D eigenvalue weighted by Crippen LogP contribution is 2.31. The van der Waals surface area contributed by atoms with Gasteiger partial charge in [0.25, 0.3) is 0 Å². The van der Waals surface area contributed by atoms with E-state index in [-0.39, 0.29) is 0 Å². The van der Waals surface area contributed by atoms with Crippen LogP contribution in [0.15, 0.2) is 34.3 Å². The molecule has 0 radical (unpaired) electrons. The highest BCUT2D eigenvalue weighted by atomic mass is 35.5. The Kier molecular flexibility index (Phi) is 4.09. The van der Waals surface area contributed by atoms with E-state index in [0.717, 1.165) is 29.1 Å². The van der Waals surface area contributed by atoms with Crippen LogP contribution in [-0.4, -0.2) is 34.2 Å². The van der Waals surface area contributed by atoms with E-state index in [1.54, 1.807) is 11.9 Å². The van der Waals surface area contributed by atoms with Crippen LogP contribution in [0.25, 0.3) is 0 Å². The second-order valence-electron chi connectivity index (χ2n) is 3.54. The lowest BCUT2D eigenvalue weighted by Gasteiger charge is -2.27. The molecule has 86 valence electrons. The van der Waals surface area contributed by atoms with Gasteiger partial charge in [0, 0.05) is 22.9 Å². The SMILES string of the molecule is ON=C1CN(CCCCl)Sc2ccccc21. The second kappa shape index (κ2) is 5.57. The normalized spacial score (nSPS) is 18.7. The summed E-state index contributed by atoms with van der Waals surface area (Å²) in [6.07, 6.45) is 0.940. The largest absolute Gasteiger partial charge is 0.411 e. The van der Waals surface area contributed by atoms with Crippen LogP contribution < -0.4 is 0 Å². The molecule has 0 spiro atoms. The van der Waals surface area contributed by atoms with Gasteiger partial charge in [0.2, 0.25) is 0 Å². The van der Waals surface area contributed by atoms with E-state index in [2.05, 4.69) is 9.46 Å². The number of oxime groups is 1. The van der Waals surface area contributed by atoms with Crippen LogP contribution >= 0.6 is 23.5 Å². The molecule has 0 unspecified atom stereocenters. The minimum Gasteiger partial charge on any atom is -0.411 e. The number of fused-ring (bicyclic) bond motifs is 1. The van der Waals surface area contributed by atoms with E-state index in [0.29, 0.717) is 12.4 Å². The quantitative estimate of drug-likeness (QED) is 0.391. The second-order valence-corrected chi connectivity index (χ2v) is 5.06. The molecule has 0 saturated carbocycles. The summed E-state index contributed by atoms with van der Waals surface area (Å²) in [7, 11) is 0. The van der Waals surface area contributed by atoms with Crippen molar-refractivity contribution in [3.8, 4) is 0 Å². The van der Waals surface area contributed by atoms with Gasteiger partial charge in [-0.15, -0.1) is 11.6 Å². The van der Waals surface area contributed by atoms with Gasteiger partial charge in [-0.3, -0.25) is 0 Å². The van der Waals surface area contributed by atoms with Crippen LogP contribution in [0.4, 0.5) is 0 Å². The maximum Gasteiger partial charge on any atom is 0.103 e. The summed E-state index contributed by atoms with van der Waals surface area (Å²) in [4.78, 5) is 1.14. The van der Waals surface area contributed by atoms with Crippen molar-refractivity contribution in [3.63, 3.8) is 0 Å². The highest BCUT2D eigenvalue weighted by Gasteiger charge is 2.21. The molecule has 0 aromatic heterocycles. The van der Waals surface area contributed by atoms with Crippen molar-refractivity contribution >= 4 is 29.3 Å². The highest BCUT2D eigenvalue weighted by molar-refractivity contribution is 7.97. The first-order valence-electron chi connectivity index (χ1n) is 5.14. The predicted octanol–water partition coefficient (Wildman–Crippen LogP) is 2.82. The van der Waals surface area contributed by atoms with Gasteiger partial charge in [0.15, 0.2) is 0 Å². The summed E-state index contributed by atoms with van der Waals surface area (Å²) >= 11 is 7.37. The van der Waals surface area contributed by atoms with Crippen molar-refractivity contribution in [3.05, 3.63) is 29.8 Å². The molecule has 2 rings (SSSR count). The third-order valence-electron chi connectivity index (χ3n) is 2.41.